The van der Waals surface area contributed by atoms with Gasteiger partial charge in [-0.05, 0) is 47.7 Å². The van der Waals surface area contributed by atoms with E-state index in [1.807, 2.05) is 42.6 Å². The molecular weight excluding hydrogens is 286 g/mol. The number of thiophene rings is 1. The van der Waals surface area contributed by atoms with E-state index < -0.39 is 5.97 Å². The molecule has 106 valence electrons. The molecule has 0 N–H and O–H groups in total. The SMILES string of the molecule is COc1ccc(/C=C2/N=C(c3cccs3)OC2=O)cc1C. The zero-order chi connectivity index (χ0) is 14.8. The Morgan fingerprint density at radius 3 is 2.86 bits per heavy atom. The van der Waals surface area contributed by atoms with Gasteiger partial charge in [0, 0.05) is 0 Å². The number of hydrogen-bond donors (Lipinski definition) is 0. The minimum absolute atomic E-state index is 0.308. The van der Waals surface area contributed by atoms with E-state index >= 15 is 0 Å². The molecule has 4 nitrogen and oxygen atoms in total. The maximum atomic E-state index is 11.9. The van der Waals surface area contributed by atoms with Crippen LogP contribution in [-0.2, 0) is 9.53 Å². The molecule has 0 radical (unpaired) electrons. The number of carbonyl (C=O) groups excluding carboxylic acids is 1. The summed E-state index contributed by atoms with van der Waals surface area (Å²) >= 11 is 1.49. The van der Waals surface area contributed by atoms with Crippen molar-refractivity contribution in [3.63, 3.8) is 0 Å². The number of benzene rings is 1. The summed E-state index contributed by atoms with van der Waals surface area (Å²) < 4.78 is 10.4. The molecule has 0 aliphatic carbocycles. The number of cyclic esters (lactones) is 1. The first-order valence-corrected chi connectivity index (χ1v) is 7.26. The van der Waals surface area contributed by atoms with Gasteiger partial charge in [0.15, 0.2) is 5.70 Å². The van der Waals surface area contributed by atoms with Crippen LogP contribution in [0.3, 0.4) is 0 Å². The Morgan fingerprint density at radius 1 is 1.33 bits per heavy atom. The monoisotopic (exact) mass is 299 g/mol. The van der Waals surface area contributed by atoms with Gasteiger partial charge in [0.05, 0.1) is 12.0 Å². The van der Waals surface area contributed by atoms with Gasteiger partial charge in [0.1, 0.15) is 5.75 Å². The van der Waals surface area contributed by atoms with Crippen LogP contribution < -0.4 is 4.74 Å². The van der Waals surface area contributed by atoms with Crippen LogP contribution in [0.5, 0.6) is 5.75 Å². The first-order valence-electron chi connectivity index (χ1n) is 6.38. The van der Waals surface area contributed by atoms with Crippen molar-refractivity contribution in [2.75, 3.05) is 7.11 Å². The number of methoxy groups -OCH3 is 1. The van der Waals surface area contributed by atoms with E-state index in [2.05, 4.69) is 4.99 Å². The summed E-state index contributed by atoms with van der Waals surface area (Å²) in [5.74, 6) is 0.757. The Hall–Kier alpha value is -2.40. The summed E-state index contributed by atoms with van der Waals surface area (Å²) in [5.41, 5.74) is 2.19. The molecule has 0 amide bonds. The average molecular weight is 299 g/mol. The molecule has 1 aromatic carbocycles. The molecule has 0 saturated heterocycles. The average Bonchev–Trinajstić information content (AvgIpc) is 3.10. The molecule has 21 heavy (non-hydrogen) atoms. The lowest BCUT2D eigenvalue weighted by Gasteiger charge is -2.04. The quantitative estimate of drug-likeness (QED) is 0.644. The molecule has 0 unspecified atom stereocenters. The van der Waals surface area contributed by atoms with E-state index in [4.69, 9.17) is 9.47 Å². The van der Waals surface area contributed by atoms with Crippen molar-refractivity contribution < 1.29 is 14.3 Å². The number of nitrogens with zero attached hydrogens (tertiary/aromatic N) is 1. The van der Waals surface area contributed by atoms with Crippen LogP contribution in [0.2, 0.25) is 0 Å². The van der Waals surface area contributed by atoms with Gasteiger partial charge in [-0.15, -0.1) is 11.3 Å². The predicted molar refractivity (Wildman–Crippen MR) is 82.7 cm³/mol. The number of carbonyl (C=O) groups is 1. The van der Waals surface area contributed by atoms with Crippen LogP contribution in [0.1, 0.15) is 16.0 Å². The number of esters is 1. The number of ether oxygens (including phenoxy) is 2. The molecule has 0 atom stereocenters. The third kappa shape index (κ3) is 2.73. The molecule has 0 saturated carbocycles. The van der Waals surface area contributed by atoms with E-state index in [0.29, 0.717) is 11.6 Å². The lowest BCUT2D eigenvalue weighted by molar-refractivity contribution is -0.129. The highest BCUT2D eigenvalue weighted by Gasteiger charge is 2.24. The largest absolute Gasteiger partial charge is 0.496 e. The van der Waals surface area contributed by atoms with Gasteiger partial charge in [0.25, 0.3) is 0 Å². The van der Waals surface area contributed by atoms with Crippen LogP contribution in [0.25, 0.3) is 6.08 Å². The predicted octanol–water partition coefficient (Wildman–Crippen LogP) is 3.41. The second-order valence-corrected chi connectivity index (χ2v) is 5.49. The molecule has 1 aliphatic heterocycles. The Balaban J connectivity index is 1.92. The summed E-state index contributed by atoms with van der Waals surface area (Å²) in [6, 6.07) is 9.45. The van der Waals surface area contributed by atoms with Crippen LogP contribution in [0, 0.1) is 6.92 Å². The first-order chi connectivity index (χ1) is 10.2. The standard InChI is InChI=1S/C16H13NO3S/c1-10-8-11(5-6-13(10)19-2)9-12-16(18)20-15(17-12)14-4-3-7-21-14/h3-9H,1-2H3/b12-9+. The summed E-state index contributed by atoms with van der Waals surface area (Å²) in [6.45, 7) is 1.95. The molecule has 3 rings (SSSR count). The summed E-state index contributed by atoms with van der Waals surface area (Å²) in [5, 5.41) is 1.92. The van der Waals surface area contributed by atoms with Gasteiger partial charge < -0.3 is 9.47 Å². The van der Waals surface area contributed by atoms with Gasteiger partial charge in [-0.3, -0.25) is 0 Å². The van der Waals surface area contributed by atoms with Gasteiger partial charge in [-0.25, -0.2) is 9.79 Å². The molecule has 2 heterocycles. The van der Waals surface area contributed by atoms with Gasteiger partial charge in [-0.1, -0.05) is 12.1 Å². The van der Waals surface area contributed by atoms with Crippen molar-refractivity contribution in [3.8, 4) is 5.75 Å². The number of hydrogen-bond acceptors (Lipinski definition) is 5. The maximum absolute atomic E-state index is 11.9. The topological polar surface area (TPSA) is 47.9 Å². The van der Waals surface area contributed by atoms with Crippen LogP contribution >= 0.6 is 11.3 Å². The molecule has 0 spiro atoms. The maximum Gasteiger partial charge on any atom is 0.363 e. The second kappa shape index (κ2) is 5.54. The van der Waals surface area contributed by atoms with Crippen molar-refractivity contribution in [2.45, 2.75) is 6.92 Å². The minimum Gasteiger partial charge on any atom is -0.496 e. The Labute approximate surface area is 126 Å². The van der Waals surface area contributed by atoms with Crippen molar-refractivity contribution >= 4 is 29.3 Å². The van der Waals surface area contributed by atoms with Crippen LogP contribution in [0.4, 0.5) is 0 Å². The number of aryl methyl sites for hydroxylation is 1. The molecule has 2 aromatic rings. The summed E-state index contributed by atoms with van der Waals surface area (Å²) in [6.07, 6.45) is 1.72. The third-order valence-corrected chi connectivity index (χ3v) is 3.93. The van der Waals surface area contributed by atoms with Gasteiger partial charge in [0.2, 0.25) is 5.90 Å². The van der Waals surface area contributed by atoms with Crippen molar-refractivity contribution in [1.82, 2.24) is 0 Å². The summed E-state index contributed by atoms with van der Waals surface area (Å²) in [7, 11) is 1.63. The van der Waals surface area contributed by atoms with Crippen LogP contribution in [-0.4, -0.2) is 19.0 Å². The molecule has 1 aliphatic rings. The Kier molecular flexibility index (Phi) is 3.58. The minimum atomic E-state index is -0.424. The smallest absolute Gasteiger partial charge is 0.363 e. The van der Waals surface area contributed by atoms with Crippen LogP contribution in [0.15, 0.2) is 46.4 Å². The molecule has 0 fully saturated rings. The van der Waals surface area contributed by atoms with Crippen molar-refractivity contribution in [1.29, 1.82) is 0 Å². The van der Waals surface area contributed by atoms with Crippen molar-refractivity contribution in [3.05, 3.63) is 57.4 Å². The number of rotatable bonds is 3. The van der Waals surface area contributed by atoms with E-state index in [1.54, 1.807) is 13.2 Å². The zero-order valence-electron chi connectivity index (χ0n) is 11.6. The Bertz CT molecular complexity index is 745. The molecular formula is C16H13NO3S. The molecule has 1 aromatic heterocycles. The van der Waals surface area contributed by atoms with E-state index in [9.17, 15) is 4.79 Å². The number of aliphatic imine (C=N–C) groups is 1. The second-order valence-electron chi connectivity index (χ2n) is 4.54. The third-order valence-electron chi connectivity index (χ3n) is 3.07. The molecule has 0 bridgehead atoms. The fourth-order valence-corrected chi connectivity index (χ4v) is 2.71. The van der Waals surface area contributed by atoms with E-state index in [0.717, 1.165) is 21.8 Å². The summed E-state index contributed by atoms with van der Waals surface area (Å²) in [4.78, 5) is 17.0. The fourth-order valence-electron chi connectivity index (χ4n) is 2.06. The van der Waals surface area contributed by atoms with Gasteiger partial charge in [-0.2, -0.15) is 0 Å². The first kappa shape index (κ1) is 13.6. The lowest BCUT2D eigenvalue weighted by Crippen LogP contribution is -2.03. The van der Waals surface area contributed by atoms with Crippen molar-refractivity contribution in [2.24, 2.45) is 4.99 Å². The Morgan fingerprint density at radius 2 is 2.19 bits per heavy atom. The normalized spacial score (nSPS) is 16.0. The van der Waals surface area contributed by atoms with Gasteiger partial charge >= 0.3 is 5.97 Å². The fraction of sp³-hybridized carbons (Fsp3) is 0.125. The highest BCUT2D eigenvalue weighted by Crippen LogP contribution is 2.24. The highest BCUT2D eigenvalue weighted by molar-refractivity contribution is 7.12. The highest BCUT2D eigenvalue weighted by atomic mass is 32.1. The zero-order valence-corrected chi connectivity index (χ0v) is 12.4. The van der Waals surface area contributed by atoms with E-state index in [1.165, 1.54) is 11.3 Å². The molecule has 5 heteroatoms. The lowest BCUT2D eigenvalue weighted by atomic mass is 10.1. The van der Waals surface area contributed by atoms with E-state index in [-0.39, 0.29) is 0 Å².